The minimum Gasteiger partial charge on any atom is -0.379 e. The van der Waals surface area contributed by atoms with Crippen LogP contribution in [0.15, 0.2) is 0 Å². The van der Waals surface area contributed by atoms with E-state index in [4.69, 9.17) is 9.47 Å². The predicted molar refractivity (Wildman–Crippen MR) is 82.7 cm³/mol. The van der Waals surface area contributed by atoms with Gasteiger partial charge in [-0.25, -0.2) is 0 Å². The van der Waals surface area contributed by atoms with E-state index in [-0.39, 0.29) is 5.54 Å². The second-order valence-corrected chi connectivity index (χ2v) is 5.41. The second kappa shape index (κ2) is 13.4. The number of hydrogen-bond donors (Lipinski definition) is 1. The van der Waals surface area contributed by atoms with Crippen LogP contribution >= 0.6 is 0 Å². The molecular weight excluding hydrogens is 252 g/mol. The summed E-state index contributed by atoms with van der Waals surface area (Å²) in [5.74, 6) is 0. The molecule has 1 atom stereocenters. The summed E-state index contributed by atoms with van der Waals surface area (Å²) in [6.45, 7) is 10.1. The van der Waals surface area contributed by atoms with Crippen LogP contribution in [0.5, 0.6) is 0 Å². The van der Waals surface area contributed by atoms with Gasteiger partial charge in [0.25, 0.3) is 0 Å². The van der Waals surface area contributed by atoms with Crippen molar-refractivity contribution in [1.82, 2.24) is 5.32 Å². The highest BCUT2D eigenvalue weighted by Gasteiger charge is 2.21. The number of nitriles is 1. The van der Waals surface area contributed by atoms with Crippen molar-refractivity contribution in [3.8, 4) is 6.07 Å². The molecule has 0 heterocycles. The molecule has 0 rings (SSSR count). The summed E-state index contributed by atoms with van der Waals surface area (Å²) in [5, 5.41) is 12.5. The maximum Gasteiger partial charge on any atom is 0.103 e. The Morgan fingerprint density at radius 2 is 1.60 bits per heavy atom. The van der Waals surface area contributed by atoms with Crippen molar-refractivity contribution >= 4 is 0 Å². The molecule has 0 aliphatic carbocycles. The molecular formula is C16H32N2O2. The zero-order valence-corrected chi connectivity index (χ0v) is 13.5. The summed E-state index contributed by atoms with van der Waals surface area (Å²) < 4.78 is 10.9. The van der Waals surface area contributed by atoms with Crippen molar-refractivity contribution in [2.75, 3.05) is 33.0 Å². The fourth-order valence-corrected chi connectivity index (χ4v) is 1.84. The van der Waals surface area contributed by atoms with Crippen molar-refractivity contribution in [2.45, 2.75) is 64.8 Å². The fraction of sp³-hybridized carbons (Fsp3) is 0.938. The normalized spacial score (nSPS) is 13.9. The maximum atomic E-state index is 9.20. The Labute approximate surface area is 124 Å². The molecule has 0 spiro atoms. The van der Waals surface area contributed by atoms with Crippen LogP contribution in [0.2, 0.25) is 0 Å². The van der Waals surface area contributed by atoms with Crippen LogP contribution in [0.1, 0.15) is 59.3 Å². The number of hydrogen-bond acceptors (Lipinski definition) is 4. The minimum atomic E-state index is -0.390. The molecule has 0 amide bonds. The first-order valence-corrected chi connectivity index (χ1v) is 8.00. The van der Waals surface area contributed by atoms with E-state index in [9.17, 15) is 5.26 Å². The molecule has 0 fully saturated rings. The van der Waals surface area contributed by atoms with E-state index in [0.29, 0.717) is 13.2 Å². The van der Waals surface area contributed by atoms with Gasteiger partial charge < -0.3 is 9.47 Å². The molecule has 118 valence electrons. The van der Waals surface area contributed by atoms with Crippen LogP contribution < -0.4 is 5.32 Å². The Morgan fingerprint density at radius 3 is 2.15 bits per heavy atom. The van der Waals surface area contributed by atoms with E-state index < -0.39 is 0 Å². The Hall–Kier alpha value is -0.630. The third-order valence-electron chi connectivity index (χ3n) is 3.24. The van der Waals surface area contributed by atoms with Crippen LogP contribution in [0.25, 0.3) is 0 Å². The number of nitrogens with zero attached hydrogens (tertiary/aromatic N) is 1. The van der Waals surface area contributed by atoms with Gasteiger partial charge in [0.15, 0.2) is 0 Å². The number of ether oxygens (including phenoxy) is 2. The van der Waals surface area contributed by atoms with E-state index >= 15 is 0 Å². The van der Waals surface area contributed by atoms with E-state index in [2.05, 4.69) is 25.2 Å². The van der Waals surface area contributed by atoms with Crippen LogP contribution in [0.3, 0.4) is 0 Å². The predicted octanol–water partition coefficient (Wildman–Crippen LogP) is 3.27. The first-order chi connectivity index (χ1) is 9.68. The molecule has 0 bridgehead atoms. The van der Waals surface area contributed by atoms with Crippen molar-refractivity contribution < 1.29 is 9.47 Å². The summed E-state index contributed by atoms with van der Waals surface area (Å²) in [5.41, 5.74) is -0.390. The largest absolute Gasteiger partial charge is 0.379 e. The van der Waals surface area contributed by atoms with Gasteiger partial charge in [-0.1, -0.05) is 20.3 Å². The third-order valence-corrected chi connectivity index (χ3v) is 3.24. The van der Waals surface area contributed by atoms with Gasteiger partial charge in [-0.05, 0) is 45.6 Å². The monoisotopic (exact) mass is 284 g/mol. The molecule has 1 N–H and O–H groups in total. The van der Waals surface area contributed by atoms with Crippen molar-refractivity contribution in [3.63, 3.8) is 0 Å². The SMILES string of the molecule is CCCCOCCOCCCCC(C)(C#N)NCCC. The lowest BCUT2D eigenvalue weighted by Crippen LogP contribution is -2.41. The second-order valence-electron chi connectivity index (χ2n) is 5.41. The summed E-state index contributed by atoms with van der Waals surface area (Å²) in [6.07, 6.45) is 6.23. The first-order valence-electron chi connectivity index (χ1n) is 8.00. The van der Waals surface area contributed by atoms with E-state index in [1.165, 1.54) is 6.42 Å². The van der Waals surface area contributed by atoms with Crippen molar-refractivity contribution in [1.29, 1.82) is 5.26 Å². The summed E-state index contributed by atoms with van der Waals surface area (Å²) >= 11 is 0. The summed E-state index contributed by atoms with van der Waals surface area (Å²) in [4.78, 5) is 0. The zero-order chi connectivity index (χ0) is 15.1. The average molecular weight is 284 g/mol. The number of nitrogens with one attached hydrogen (secondary N) is 1. The Balaban J connectivity index is 3.40. The molecule has 0 aromatic carbocycles. The van der Waals surface area contributed by atoms with Gasteiger partial charge in [-0.2, -0.15) is 5.26 Å². The highest BCUT2D eigenvalue weighted by atomic mass is 16.5. The van der Waals surface area contributed by atoms with Gasteiger partial charge >= 0.3 is 0 Å². The van der Waals surface area contributed by atoms with E-state index in [0.717, 1.165) is 51.9 Å². The van der Waals surface area contributed by atoms with Gasteiger partial charge in [0.05, 0.1) is 19.3 Å². The Kier molecular flexibility index (Phi) is 12.9. The molecule has 4 heteroatoms. The lowest BCUT2D eigenvalue weighted by Gasteiger charge is -2.22. The standard InChI is InChI=1S/C16H32N2O2/c1-4-6-11-19-13-14-20-12-8-7-9-16(3,15-17)18-10-5-2/h18H,4-14H2,1-3H3. The van der Waals surface area contributed by atoms with Gasteiger partial charge in [0, 0.05) is 13.2 Å². The van der Waals surface area contributed by atoms with Gasteiger partial charge in [-0.3, -0.25) is 5.32 Å². The highest BCUT2D eigenvalue weighted by molar-refractivity contribution is 5.03. The number of rotatable bonds is 14. The maximum absolute atomic E-state index is 9.20. The molecule has 4 nitrogen and oxygen atoms in total. The smallest absolute Gasteiger partial charge is 0.103 e. The van der Waals surface area contributed by atoms with Crippen LogP contribution in [-0.4, -0.2) is 38.5 Å². The molecule has 1 unspecified atom stereocenters. The minimum absolute atomic E-state index is 0.390. The molecule has 0 radical (unpaired) electrons. The van der Waals surface area contributed by atoms with Gasteiger partial charge in [0.1, 0.15) is 5.54 Å². The zero-order valence-electron chi connectivity index (χ0n) is 13.5. The lowest BCUT2D eigenvalue weighted by molar-refractivity contribution is 0.0450. The summed E-state index contributed by atoms with van der Waals surface area (Å²) in [7, 11) is 0. The molecule has 0 aliphatic rings. The third kappa shape index (κ3) is 11.2. The molecule has 20 heavy (non-hydrogen) atoms. The topological polar surface area (TPSA) is 54.3 Å². The molecule has 0 aromatic heterocycles. The molecule has 0 aromatic rings. The quantitative estimate of drug-likeness (QED) is 0.497. The molecule has 0 saturated heterocycles. The van der Waals surface area contributed by atoms with Gasteiger partial charge in [0.2, 0.25) is 0 Å². The first kappa shape index (κ1) is 19.4. The Morgan fingerprint density at radius 1 is 0.950 bits per heavy atom. The lowest BCUT2D eigenvalue weighted by atomic mass is 9.96. The average Bonchev–Trinajstić information content (AvgIpc) is 2.47. The van der Waals surface area contributed by atoms with Crippen LogP contribution in [0.4, 0.5) is 0 Å². The fourth-order valence-electron chi connectivity index (χ4n) is 1.84. The summed E-state index contributed by atoms with van der Waals surface area (Å²) in [6, 6.07) is 2.37. The van der Waals surface area contributed by atoms with Crippen molar-refractivity contribution in [3.05, 3.63) is 0 Å². The van der Waals surface area contributed by atoms with Crippen LogP contribution in [-0.2, 0) is 9.47 Å². The highest BCUT2D eigenvalue weighted by Crippen LogP contribution is 2.12. The van der Waals surface area contributed by atoms with E-state index in [1.807, 2.05) is 6.92 Å². The molecule has 0 aliphatic heterocycles. The molecule has 0 saturated carbocycles. The van der Waals surface area contributed by atoms with E-state index in [1.54, 1.807) is 0 Å². The van der Waals surface area contributed by atoms with Crippen LogP contribution in [0, 0.1) is 11.3 Å². The Bertz CT molecular complexity index is 253. The number of unbranched alkanes of at least 4 members (excludes halogenated alkanes) is 2. The van der Waals surface area contributed by atoms with Crippen molar-refractivity contribution in [2.24, 2.45) is 0 Å². The van der Waals surface area contributed by atoms with Gasteiger partial charge in [-0.15, -0.1) is 0 Å².